The first-order valence-electron chi connectivity index (χ1n) is 6.05. The molecule has 0 saturated carbocycles. The van der Waals surface area contributed by atoms with E-state index >= 15 is 0 Å². The molecule has 2 rings (SSSR count). The van der Waals surface area contributed by atoms with Gasteiger partial charge in [-0.2, -0.15) is 0 Å². The number of aliphatic hydroxyl groups is 1. The Hall–Kier alpha value is -0.580. The number of hydrogen-bond donors (Lipinski definition) is 2. The van der Waals surface area contributed by atoms with Gasteiger partial charge in [0.25, 0.3) is 0 Å². The second kappa shape index (κ2) is 5.85. The minimum absolute atomic E-state index is 0.308. The number of rotatable bonds is 4. The highest BCUT2D eigenvalue weighted by Crippen LogP contribution is 2.23. The highest BCUT2D eigenvalue weighted by molar-refractivity contribution is 9.10. The van der Waals surface area contributed by atoms with Gasteiger partial charge in [-0.1, -0.05) is 15.9 Å². The number of nitrogens with two attached hydrogens (primary N) is 1. The van der Waals surface area contributed by atoms with Gasteiger partial charge in [0.15, 0.2) is 0 Å². The maximum absolute atomic E-state index is 8.93. The van der Waals surface area contributed by atoms with E-state index in [4.69, 9.17) is 10.8 Å². The molecule has 0 amide bonds. The Morgan fingerprint density at radius 2 is 2.24 bits per heavy atom. The molecular formula is C13H19BrN2O. The average Bonchev–Trinajstić information content (AvgIpc) is 2.64. The zero-order chi connectivity index (χ0) is 12.3. The first kappa shape index (κ1) is 12.9. The lowest BCUT2D eigenvalue weighted by Gasteiger charge is -2.16. The fourth-order valence-electron chi connectivity index (χ4n) is 2.50. The zero-order valence-electron chi connectivity index (χ0n) is 9.90. The first-order chi connectivity index (χ1) is 8.17. The zero-order valence-corrected chi connectivity index (χ0v) is 11.5. The largest absolute Gasteiger partial charge is 0.399 e. The number of aliphatic hydroxyl groups excluding tert-OH is 1. The predicted octanol–water partition coefficient (Wildman–Crippen LogP) is 2.24. The summed E-state index contributed by atoms with van der Waals surface area (Å²) >= 11 is 3.47. The molecule has 1 fully saturated rings. The Kier molecular flexibility index (Phi) is 4.42. The van der Waals surface area contributed by atoms with E-state index in [-0.39, 0.29) is 0 Å². The van der Waals surface area contributed by atoms with E-state index < -0.39 is 0 Å². The quantitative estimate of drug-likeness (QED) is 0.838. The number of nitrogen functional groups attached to an aromatic ring is 1. The maximum atomic E-state index is 8.93. The van der Waals surface area contributed by atoms with Gasteiger partial charge in [0.05, 0.1) is 0 Å². The summed E-state index contributed by atoms with van der Waals surface area (Å²) in [5, 5.41) is 8.93. The summed E-state index contributed by atoms with van der Waals surface area (Å²) in [7, 11) is 0. The minimum atomic E-state index is 0.308. The number of anilines is 1. The van der Waals surface area contributed by atoms with E-state index in [0.717, 1.165) is 36.2 Å². The van der Waals surface area contributed by atoms with E-state index in [9.17, 15) is 0 Å². The Labute approximate surface area is 111 Å². The molecule has 17 heavy (non-hydrogen) atoms. The van der Waals surface area contributed by atoms with Crippen LogP contribution in [0.2, 0.25) is 0 Å². The molecule has 1 aliphatic heterocycles. The van der Waals surface area contributed by atoms with Gasteiger partial charge >= 0.3 is 0 Å². The van der Waals surface area contributed by atoms with Gasteiger partial charge in [0.1, 0.15) is 0 Å². The van der Waals surface area contributed by atoms with Crippen molar-refractivity contribution in [1.29, 1.82) is 0 Å². The lowest BCUT2D eigenvalue weighted by molar-refractivity contribution is 0.249. The van der Waals surface area contributed by atoms with Crippen molar-refractivity contribution in [2.45, 2.75) is 19.4 Å². The van der Waals surface area contributed by atoms with Crippen molar-refractivity contribution in [3.8, 4) is 0 Å². The van der Waals surface area contributed by atoms with Gasteiger partial charge in [-0.3, -0.25) is 4.90 Å². The van der Waals surface area contributed by atoms with E-state index in [1.54, 1.807) is 0 Å². The molecule has 0 aliphatic carbocycles. The van der Waals surface area contributed by atoms with Crippen LogP contribution in [0, 0.1) is 5.92 Å². The fraction of sp³-hybridized carbons (Fsp3) is 0.538. The molecule has 0 radical (unpaired) electrons. The van der Waals surface area contributed by atoms with Crippen LogP contribution in [0.5, 0.6) is 0 Å². The monoisotopic (exact) mass is 298 g/mol. The van der Waals surface area contributed by atoms with Gasteiger partial charge in [-0.05, 0) is 49.1 Å². The molecule has 3 nitrogen and oxygen atoms in total. The van der Waals surface area contributed by atoms with Crippen molar-refractivity contribution in [1.82, 2.24) is 4.90 Å². The standard InChI is InChI=1S/C13H19BrN2O/c14-12-5-11(6-13(15)7-12)9-16-3-1-10(8-16)2-4-17/h5-7,10,17H,1-4,8-9,15H2. The average molecular weight is 299 g/mol. The van der Waals surface area contributed by atoms with Crippen LogP contribution in [0.1, 0.15) is 18.4 Å². The summed E-state index contributed by atoms with van der Waals surface area (Å²) in [5.74, 6) is 0.657. The van der Waals surface area contributed by atoms with Crippen molar-refractivity contribution >= 4 is 21.6 Å². The third kappa shape index (κ3) is 3.69. The molecule has 4 heteroatoms. The van der Waals surface area contributed by atoms with Crippen LogP contribution in [-0.2, 0) is 6.54 Å². The molecule has 1 saturated heterocycles. The molecule has 1 unspecified atom stereocenters. The summed E-state index contributed by atoms with van der Waals surface area (Å²) in [5.41, 5.74) is 7.88. The molecule has 0 aromatic heterocycles. The Morgan fingerprint density at radius 3 is 2.94 bits per heavy atom. The summed E-state index contributed by atoms with van der Waals surface area (Å²) in [6, 6.07) is 6.07. The SMILES string of the molecule is Nc1cc(Br)cc(CN2CCC(CCO)C2)c1. The Bertz CT molecular complexity index is 363. The Morgan fingerprint density at radius 1 is 1.41 bits per heavy atom. The highest BCUT2D eigenvalue weighted by atomic mass is 79.9. The van der Waals surface area contributed by atoms with Crippen LogP contribution in [-0.4, -0.2) is 29.7 Å². The van der Waals surface area contributed by atoms with Gasteiger partial charge < -0.3 is 10.8 Å². The van der Waals surface area contributed by atoms with E-state index in [0.29, 0.717) is 12.5 Å². The number of hydrogen-bond acceptors (Lipinski definition) is 3. The smallest absolute Gasteiger partial charge is 0.0434 e. The summed E-state index contributed by atoms with van der Waals surface area (Å²) < 4.78 is 1.04. The topological polar surface area (TPSA) is 49.5 Å². The van der Waals surface area contributed by atoms with Gasteiger partial charge in [0.2, 0.25) is 0 Å². The second-order valence-electron chi connectivity index (χ2n) is 4.79. The summed E-state index contributed by atoms with van der Waals surface area (Å²) in [6.45, 7) is 3.47. The van der Waals surface area contributed by atoms with Gasteiger partial charge in [0, 0.05) is 29.9 Å². The maximum Gasteiger partial charge on any atom is 0.0434 e. The summed E-state index contributed by atoms with van der Waals surface area (Å²) in [6.07, 6.45) is 2.13. The summed E-state index contributed by atoms with van der Waals surface area (Å²) in [4.78, 5) is 2.43. The van der Waals surface area contributed by atoms with Crippen LogP contribution in [0.15, 0.2) is 22.7 Å². The van der Waals surface area contributed by atoms with E-state index in [2.05, 4.69) is 26.9 Å². The molecular weight excluding hydrogens is 280 g/mol. The Balaban J connectivity index is 1.93. The van der Waals surface area contributed by atoms with Crippen LogP contribution in [0.4, 0.5) is 5.69 Å². The van der Waals surface area contributed by atoms with Crippen LogP contribution < -0.4 is 5.73 Å². The van der Waals surface area contributed by atoms with Gasteiger partial charge in [-0.15, -0.1) is 0 Å². The molecule has 1 aromatic rings. The third-order valence-corrected chi connectivity index (χ3v) is 3.75. The predicted molar refractivity (Wildman–Crippen MR) is 73.6 cm³/mol. The lowest BCUT2D eigenvalue weighted by Crippen LogP contribution is -2.20. The van der Waals surface area contributed by atoms with Crippen LogP contribution in [0.25, 0.3) is 0 Å². The van der Waals surface area contributed by atoms with Crippen LogP contribution in [0.3, 0.4) is 0 Å². The first-order valence-corrected chi connectivity index (χ1v) is 6.85. The fourth-order valence-corrected chi connectivity index (χ4v) is 3.06. The van der Waals surface area contributed by atoms with Crippen LogP contribution >= 0.6 is 15.9 Å². The number of benzene rings is 1. The molecule has 3 N–H and O–H groups in total. The lowest BCUT2D eigenvalue weighted by atomic mass is 10.1. The van der Waals surface area contributed by atoms with E-state index in [1.807, 2.05) is 12.1 Å². The molecule has 1 atom stereocenters. The molecule has 1 heterocycles. The molecule has 0 bridgehead atoms. The van der Waals surface area contributed by atoms with Crippen molar-refractivity contribution in [2.75, 3.05) is 25.4 Å². The van der Waals surface area contributed by atoms with E-state index in [1.165, 1.54) is 12.0 Å². The highest BCUT2D eigenvalue weighted by Gasteiger charge is 2.21. The second-order valence-corrected chi connectivity index (χ2v) is 5.71. The number of likely N-dealkylation sites (tertiary alicyclic amines) is 1. The van der Waals surface area contributed by atoms with Crippen molar-refractivity contribution < 1.29 is 5.11 Å². The molecule has 94 valence electrons. The third-order valence-electron chi connectivity index (χ3n) is 3.29. The van der Waals surface area contributed by atoms with Crippen molar-refractivity contribution in [3.05, 3.63) is 28.2 Å². The number of halogens is 1. The molecule has 0 spiro atoms. The normalized spacial score (nSPS) is 20.9. The number of nitrogens with zero attached hydrogens (tertiary/aromatic N) is 1. The van der Waals surface area contributed by atoms with Crippen molar-refractivity contribution in [2.24, 2.45) is 5.92 Å². The van der Waals surface area contributed by atoms with Crippen molar-refractivity contribution in [3.63, 3.8) is 0 Å². The molecule has 1 aromatic carbocycles. The molecule has 1 aliphatic rings. The van der Waals surface area contributed by atoms with Gasteiger partial charge in [-0.25, -0.2) is 0 Å². The minimum Gasteiger partial charge on any atom is -0.399 e.